The summed E-state index contributed by atoms with van der Waals surface area (Å²) in [5, 5.41) is 0.755. The lowest BCUT2D eigenvalue weighted by Crippen LogP contribution is -2.38. The minimum Gasteiger partial charge on any atom is -0.494 e. The van der Waals surface area contributed by atoms with Crippen LogP contribution >= 0.6 is 0 Å². The van der Waals surface area contributed by atoms with Crippen LogP contribution in [0, 0.1) is 12.1 Å². The molecule has 2 aromatic rings. The first-order valence-corrected chi connectivity index (χ1v) is 8.99. The molecule has 1 amide bonds. The Hall–Kier alpha value is -2.48. The Morgan fingerprint density at radius 2 is 2.08 bits per heavy atom. The minimum absolute atomic E-state index is 0.203. The Bertz CT molecular complexity index is 778. The number of hydrogen-bond acceptors (Lipinski definition) is 3. The molecule has 5 nitrogen and oxygen atoms in total. The van der Waals surface area contributed by atoms with E-state index in [0.717, 1.165) is 18.2 Å². The molecule has 1 heterocycles. The molecule has 0 radical (unpaired) electrons. The van der Waals surface area contributed by atoms with Crippen molar-refractivity contribution in [2.24, 2.45) is 0 Å². The van der Waals surface area contributed by atoms with E-state index in [1.807, 2.05) is 24.1 Å². The van der Waals surface area contributed by atoms with Crippen LogP contribution < -0.4 is 10.3 Å². The van der Waals surface area contributed by atoms with E-state index < -0.39 is 0 Å². The predicted molar refractivity (Wildman–Crippen MR) is 96.6 cm³/mol. The summed E-state index contributed by atoms with van der Waals surface area (Å²) in [6, 6.07) is 11.1. The number of nitrogens with zero attached hydrogens (tertiary/aromatic N) is 1. The van der Waals surface area contributed by atoms with Crippen molar-refractivity contribution in [3.8, 4) is 5.75 Å². The van der Waals surface area contributed by atoms with E-state index in [2.05, 4.69) is 17.1 Å². The Balaban J connectivity index is 1.45. The molecule has 1 N–H and O–H groups in total. The fourth-order valence-electron chi connectivity index (χ4n) is 3.36. The predicted octanol–water partition coefficient (Wildman–Crippen LogP) is 3.08. The van der Waals surface area contributed by atoms with Crippen molar-refractivity contribution in [2.75, 3.05) is 13.7 Å². The summed E-state index contributed by atoms with van der Waals surface area (Å²) in [5.41, 5.74) is 0.419. The lowest BCUT2D eigenvalue weighted by molar-refractivity contribution is -0.132. The number of rotatable bonds is 6. The molecule has 0 aliphatic heterocycles. The molecule has 0 spiro atoms. The summed E-state index contributed by atoms with van der Waals surface area (Å²) in [6.07, 6.45) is 7.21. The highest BCUT2D eigenvalue weighted by Crippen LogP contribution is 2.22. The second-order valence-corrected chi connectivity index (χ2v) is 6.66. The molecule has 1 aromatic carbocycles. The maximum atomic E-state index is 12.3. The summed E-state index contributed by atoms with van der Waals surface area (Å²) in [5.74, 6) is 0.909. The summed E-state index contributed by atoms with van der Waals surface area (Å²) in [6.45, 7) is 0.489. The second kappa shape index (κ2) is 8.06. The quantitative estimate of drug-likeness (QED) is 0.822. The fourth-order valence-corrected chi connectivity index (χ4v) is 3.36. The molecule has 0 atom stereocenters. The van der Waals surface area contributed by atoms with Gasteiger partial charge in [0.2, 0.25) is 5.91 Å². The van der Waals surface area contributed by atoms with Gasteiger partial charge in [-0.1, -0.05) is 25.3 Å². The van der Waals surface area contributed by atoms with E-state index in [4.69, 9.17) is 4.74 Å². The van der Waals surface area contributed by atoms with Gasteiger partial charge in [-0.2, -0.15) is 0 Å². The van der Waals surface area contributed by atoms with Gasteiger partial charge >= 0.3 is 5.56 Å². The average molecular weight is 340 g/mol. The third-order valence-electron chi connectivity index (χ3n) is 4.87. The highest BCUT2D eigenvalue weighted by Gasteiger charge is 2.21. The fraction of sp³-hybridized carbons (Fsp3) is 0.500. The van der Waals surface area contributed by atoms with Crippen LogP contribution in [0.15, 0.2) is 23.0 Å². The maximum absolute atomic E-state index is 12.3. The van der Waals surface area contributed by atoms with Crippen molar-refractivity contribution in [3.05, 3.63) is 40.7 Å². The lowest BCUT2D eigenvalue weighted by atomic mass is 9.94. The molecular formula is C20H24N2O3. The van der Waals surface area contributed by atoms with Crippen molar-refractivity contribution < 1.29 is 9.53 Å². The van der Waals surface area contributed by atoms with Crippen LogP contribution in [0.3, 0.4) is 0 Å². The van der Waals surface area contributed by atoms with Gasteiger partial charge in [0.1, 0.15) is 5.75 Å². The molecule has 132 valence electrons. The highest BCUT2D eigenvalue weighted by molar-refractivity contribution is 5.78. The van der Waals surface area contributed by atoms with Gasteiger partial charge in [0.25, 0.3) is 0 Å². The van der Waals surface area contributed by atoms with Crippen molar-refractivity contribution >= 4 is 16.8 Å². The van der Waals surface area contributed by atoms with E-state index in [9.17, 15) is 9.59 Å². The van der Waals surface area contributed by atoms with Gasteiger partial charge in [-0.05, 0) is 37.5 Å². The zero-order valence-electron chi connectivity index (χ0n) is 14.6. The van der Waals surface area contributed by atoms with E-state index in [1.165, 1.54) is 19.3 Å². The molecule has 0 unspecified atom stereocenters. The Morgan fingerprint density at radius 3 is 2.88 bits per heavy atom. The number of aromatic amines is 1. The van der Waals surface area contributed by atoms with Gasteiger partial charge in [0.05, 0.1) is 17.5 Å². The molecule has 1 aromatic heterocycles. The number of benzene rings is 1. The van der Waals surface area contributed by atoms with Crippen molar-refractivity contribution in [3.63, 3.8) is 0 Å². The standard InChI is InChI=1S/C20H24N2O3/c1-22(16-6-3-2-4-7-16)20(24)8-5-13-25-17-10-11-18-15(14-17)9-12-19(23)21-18/h10-11,14,16H,2-8,13H2,1H3,(H,21,23). The number of fused-ring (bicyclic) bond motifs is 1. The first-order valence-electron chi connectivity index (χ1n) is 8.99. The number of ether oxygens (including phenoxy) is 1. The number of H-pyrrole nitrogens is 1. The molecule has 0 saturated heterocycles. The van der Waals surface area contributed by atoms with Crippen LogP contribution in [0.25, 0.3) is 10.9 Å². The molecule has 25 heavy (non-hydrogen) atoms. The summed E-state index contributed by atoms with van der Waals surface area (Å²) < 4.78 is 5.72. The lowest BCUT2D eigenvalue weighted by Gasteiger charge is -2.31. The van der Waals surface area contributed by atoms with E-state index in [1.54, 1.807) is 6.07 Å². The minimum atomic E-state index is -0.290. The van der Waals surface area contributed by atoms with Gasteiger partial charge in [-0.25, -0.2) is 0 Å². The zero-order chi connectivity index (χ0) is 17.6. The third-order valence-corrected chi connectivity index (χ3v) is 4.87. The van der Waals surface area contributed by atoms with Gasteiger partial charge in [-0.3, -0.25) is 9.59 Å². The van der Waals surface area contributed by atoms with Gasteiger partial charge < -0.3 is 14.6 Å². The third kappa shape index (κ3) is 4.54. The van der Waals surface area contributed by atoms with Crippen LogP contribution in [0.4, 0.5) is 0 Å². The molecule has 5 heteroatoms. The van der Waals surface area contributed by atoms with Gasteiger partial charge in [-0.15, -0.1) is 0 Å². The van der Waals surface area contributed by atoms with Crippen molar-refractivity contribution in [1.29, 1.82) is 0 Å². The first kappa shape index (κ1) is 17.3. The number of amides is 1. The van der Waals surface area contributed by atoms with Gasteiger partial charge in [0.15, 0.2) is 0 Å². The summed E-state index contributed by atoms with van der Waals surface area (Å²) in [7, 11) is 1.93. The van der Waals surface area contributed by atoms with E-state index >= 15 is 0 Å². The van der Waals surface area contributed by atoms with Crippen molar-refractivity contribution in [1.82, 2.24) is 9.88 Å². The maximum Gasteiger partial charge on any atom is 0.300 e. The summed E-state index contributed by atoms with van der Waals surface area (Å²) in [4.78, 5) is 28.1. The van der Waals surface area contributed by atoms with E-state index in [-0.39, 0.29) is 11.5 Å². The number of carbonyl (C=O) groups excluding carboxylic acids is 1. The summed E-state index contributed by atoms with van der Waals surface area (Å²) >= 11 is 0. The second-order valence-electron chi connectivity index (χ2n) is 6.66. The van der Waals surface area contributed by atoms with Crippen LogP contribution in [0.1, 0.15) is 44.9 Å². The van der Waals surface area contributed by atoms with Crippen LogP contribution in [0.5, 0.6) is 5.75 Å². The smallest absolute Gasteiger partial charge is 0.300 e. The van der Waals surface area contributed by atoms with Crippen LogP contribution in [-0.2, 0) is 4.79 Å². The van der Waals surface area contributed by atoms with Gasteiger partial charge in [0, 0.05) is 25.6 Å². The Kier molecular flexibility index (Phi) is 5.60. The average Bonchev–Trinajstić information content (AvgIpc) is 2.65. The largest absolute Gasteiger partial charge is 0.494 e. The normalized spacial score (nSPS) is 14.9. The van der Waals surface area contributed by atoms with Crippen LogP contribution in [0.2, 0.25) is 0 Å². The Morgan fingerprint density at radius 1 is 1.28 bits per heavy atom. The first-order chi connectivity index (χ1) is 12.1. The van der Waals surface area contributed by atoms with E-state index in [0.29, 0.717) is 36.8 Å². The number of nitrogens with one attached hydrogen (secondary N) is 1. The molecule has 1 fully saturated rings. The topological polar surface area (TPSA) is 62.4 Å². The molecule has 0 bridgehead atoms. The molecule has 1 saturated carbocycles. The van der Waals surface area contributed by atoms with Crippen LogP contribution in [-0.4, -0.2) is 35.5 Å². The number of aromatic nitrogens is 1. The number of carbonyl (C=O) groups is 1. The highest BCUT2D eigenvalue weighted by atomic mass is 16.5. The monoisotopic (exact) mass is 340 g/mol. The Labute approximate surface area is 148 Å². The molecular weight excluding hydrogens is 316 g/mol. The molecule has 3 rings (SSSR count). The molecule has 1 aliphatic carbocycles. The zero-order valence-corrected chi connectivity index (χ0v) is 14.6. The molecule has 1 aliphatic rings. The van der Waals surface area contributed by atoms with Crippen molar-refractivity contribution in [2.45, 2.75) is 51.0 Å². The SMILES string of the molecule is CN(C(=O)CCCOc1ccc2[nH]c(=O)c#cc2c1)C1CCCCC1. The number of hydrogen-bond donors (Lipinski definition) is 1.